The number of thioether (sulfide) groups is 1. The zero-order valence-corrected chi connectivity index (χ0v) is 14.2. The van der Waals surface area contributed by atoms with Crippen LogP contribution in [0.1, 0.15) is 16.7 Å². The molecule has 3 aromatic rings. The Bertz CT molecular complexity index is 830. The number of aryl methyl sites for hydroxylation is 2. The van der Waals surface area contributed by atoms with Crippen LogP contribution in [-0.4, -0.2) is 10.2 Å². The number of nitrogens with zero attached hydrogens (tertiary/aromatic N) is 2. The summed E-state index contributed by atoms with van der Waals surface area (Å²) >= 11 is 7.27. The molecule has 1 aromatic heterocycles. The van der Waals surface area contributed by atoms with E-state index in [4.69, 9.17) is 16.0 Å². The Hall–Kier alpha value is -1.85. The SMILES string of the molecule is Cc1ccc(-c2nnc(SCc3c(F)cccc3Cl)o2)cc1C. The van der Waals surface area contributed by atoms with Gasteiger partial charge in [-0.05, 0) is 49.2 Å². The predicted molar refractivity (Wildman–Crippen MR) is 90.2 cm³/mol. The molecule has 0 saturated heterocycles. The summed E-state index contributed by atoms with van der Waals surface area (Å²) in [5.74, 6) is 0.453. The second-order valence-corrected chi connectivity index (χ2v) is 6.49. The largest absolute Gasteiger partial charge is 0.411 e. The molecule has 0 aliphatic rings. The molecule has 0 aliphatic carbocycles. The summed E-state index contributed by atoms with van der Waals surface area (Å²) in [7, 11) is 0. The van der Waals surface area contributed by atoms with Crippen molar-refractivity contribution in [3.8, 4) is 11.5 Å². The molecule has 0 unspecified atom stereocenters. The third-order valence-corrected chi connectivity index (χ3v) is 4.76. The average molecular weight is 349 g/mol. The van der Waals surface area contributed by atoms with E-state index in [2.05, 4.69) is 10.2 Å². The van der Waals surface area contributed by atoms with E-state index in [0.717, 1.165) is 11.1 Å². The van der Waals surface area contributed by atoms with Crippen LogP contribution >= 0.6 is 23.4 Å². The first-order valence-electron chi connectivity index (χ1n) is 7.01. The molecule has 0 aliphatic heterocycles. The van der Waals surface area contributed by atoms with E-state index in [1.807, 2.05) is 32.0 Å². The third-order valence-electron chi connectivity index (χ3n) is 3.56. The van der Waals surface area contributed by atoms with Crippen LogP contribution in [-0.2, 0) is 5.75 Å². The van der Waals surface area contributed by atoms with Gasteiger partial charge in [-0.25, -0.2) is 4.39 Å². The van der Waals surface area contributed by atoms with E-state index >= 15 is 0 Å². The fourth-order valence-electron chi connectivity index (χ4n) is 2.06. The Kier molecular flexibility index (Phi) is 4.68. The number of aromatic nitrogens is 2. The summed E-state index contributed by atoms with van der Waals surface area (Å²) < 4.78 is 19.4. The fraction of sp³-hybridized carbons (Fsp3) is 0.176. The fourth-order valence-corrected chi connectivity index (χ4v) is 3.17. The molecule has 118 valence electrons. The average Bonchev–Trinajstić information content (AvgIpc) is 2.98. The zero-order chi connectivity index (χ0) is 16.4. The van der Waals surface area contributed by atoms with E-state index in [0.29, 0.717) is 27.5 Å². The van der Waals surface area contributed by atoms with Crippen molar-refractivity contribution < 1.29 is 8.81 Å². The number of hydrogen-bond acceptors (Lipinski definition) is 4. The lowest BCUT2D eigenvalue weighted by molar-refractivity contribution is 0.465. The maximum atomic E-state index is 13.7. The molecule has 0 fully saturated rings. The van der Waals surface area contributed by atoms with E-state index in [1.54, 1.807) is 12.1 Å². The standard InChI is InChI=1S/C17H14ClFN2OS/c1-10-6-7-12(8-11(10)2)16-20-21-17(22-16)23-9-13-14(18)4-3-5-15(13)19/h3-8H,9H2,1-2H3. The predicted octanol–water partition coefficient (Wildman–Crippen LogP) is 5.44. The summed E-state index contributed by atoms with van der Waals surface area (Å²) in [5.41, 5.74) is 3.67. The minimum Gasteiger partial charge on any atom is -0.411 e. The number of rotatable bonds is 4. The summed E-state index contributed by atoms with van der Waals surface area (Å²) in [6, 6.07) is 10.6. The summed E-state index contributed by atoms with van der Waals surface area (Å²) in [4.78, 5) is 0. The van der Waals surface area contributed by atoms with Gasteiger partial charge >= 0.3 is 0 Å². The minimum absolute atomic E-state index is 0.333. The van der Waals surface area contributed by atoms with Gasteiger partial charge < -0.3 is 4.42 Å². The minimum atomic E-state index is -0.334. The molecule has 23 heavy (non-hydrogen) atoms. The van der Waals surface area contributed by atoms with Gasteiger partial charge in [-0.15, -0.1) is 10.2 Å². The van der Waals surface area contributed by atoms with Crippen molar-refractivity contribution in [2.75, 3.05) is 0 Å². The Balaban J connectivity index is 1.76. The van der Waals surface area contributed by atoms with Crippen LogP contribution in [0.4, 0.5) is 4.39 Å². The molecule has 6 heteroatoms. The molecule has 0 atom stereocenters. The Morgan fingerprint density at radius 2 is 1.96 bits per heavy atom. The monoisotopic (exact) mass is 348 g/mol. The van der Waals surface area contributed by atoms with Gasteiger partial charge in [0.05, 0.1) is 0 Å². The summed E-state index contributed by atoms with van der Waals surface area (Å²) in [6.45, 7) is 4.08. The van der Waals surface area contributed by atoms with E-state index in [9.17, 15) is 4.39 Å². The molecule has 0 bridgehead atoms. The van der Waals surface area contributed by atoms with Gasteiger partial charge in [0, 0.05) is 21.9 Å². The molecular formula is C17H14ClFN2OS. The molecule has 2 aromatic carbocycles. The highest BCUT2D eigenvalue weighted by atomic mass is 35.5. The van der Waals surface area contributed by atoms with Gasteiger partial charge in [0.15, 0.2) is 0 Å². The van der Waals surface area contributed by atoms with Crippen molar-refractivity contribution in [1.82, 2.24) is 10.2 Å². The lowest BCUT2D eigenvalue weighted by Crippen LogP contribution is -1.88. The molecule has 0 radical (unpaired) electrons. The highest BCUT2D eigenvalue weighted by molar-refractivity contribution is 7.98. The van der Waals surface area contributed by atoms with Crippen molar-refractivity contribution in [2.24, 2.45) is 0 Å². The maximum absolute atomic E-state index is 13.7. The van der Waals surface area contributed by atoms with Gasteiger partial charge in [-0.3, -0.25) is 0 Å². The molecule has 1 heterocycles. The lowest BCUT2D eigenvalue weighted by Gasteiger charge is -2.03. The third kappa shape index (κ3) is 3.57. The number of halogens is 2. The van der Waals surface area contributed by atoms with Crippen molar-refractivity contribution in [2.45, 2.75) is 24.8 Å². The number of benzene rings is 2. The van der Waals surface area contributed by atoms with E-state index < -0.39 is 0 Å². The first-order valence-corrected chi connectivity index (χ1v) is 8.38. The Morgan fingerprint density at radius 3 is 2.70 bits per heavy atom. The Morgan fingerprint density at radius 1 is 1.13 bits per heavy atom. The highest BCUT2D eigenvalue weighted by Gasteiger charge is 2.13. The molecule has 0 amide bonds. The molecular weight excluding hydrogens is 335 g/mol. The lowest BCUT2D eigenvalue weighted by atomic mass is 10.1. The summed E-state index contributed by atoms with van der Waals surface area (Å²) in [6.07, 6.45) is 0. The van der Waals surface area contributed by atoms with Crippen LogP contribution in [0.5, 0.6) is 0 Å². The van der Waals surface area contributed by atoms with Gasteiger partial charge in [0.25, 0.3) is 5.22 Å². The smallest absolute Gasteiger partial charge is 0.277 e. The van der Waals surface area contributed by atoms with Gasteiger partial charge in [-0.1, -0.05) is 35.5 Å². The zero-order valence-electron chi connectivity index (χ0n) is 12.6. The molecule has 0 saturated carbocycles. The van der Waals surface area contributed by atoms with Crippen molar-refractivity contribution in [3.05, 3.63) is 63.9 Å². The molecule has 3 rings (SSSR count). The highest BCUT2D eigenvalue weighted by Crippen LogP contribution is 2.30. The first-order chi connectivity index (χ1) is 11.0. The van der Waals surface area contributed by atoms with Crippen molar-refractivity contribution in [1.29, 1.82) is 0 Å². The van der Waals surface area contributed by atoms with Crippen molar-refractivity contribution >= 4 is 23.4 Å². The van der Waals surface area contributed by atoms with Crippen LogP contribution in [0.25, 0.3) is 11.5 Å². The Labute approximate surface area is 142 Å². The quantitative estimate of drug-likeness (QED) is 0.588. The molecule has 3 nitrogen and oxygen atoms in total. The number of hydrogen-bond donors (Lipinski definition) is 0. The second-order valence-electron chi connectivity index (χ2n) is 5.16. The molecule has 0 N–H and O–H groups in total. The normalized spacial score (nSPS) is 11.0. The van der Waals surface area contributed by atoms with Crippen LogP contribution < -0.4 is 0 Å². The van der Waals surface area contributed by atoms with Crippen LogP contribution in [0.3, 0.4) is 0 Å². The molecule has 0 spiro atoms. The van der Waals surface area contributed by atoms with Crippen LogP contribution in [0.2, 0.25) is 5.02 Å². The second kappa shape index (κ2) is 6.72. The van der Waals surface area contributed by atoms with Gasteiger partial charge in [-0.2, -0.15) is 0 Å². The van der Waals surface area contributed by atoms with Crippen LogP contribution in [0.15, 0.2) is 46.0 Å². The topological polar surface area (TPSA) is 38.9 Å². The van der Waals surface area contributed by atoms with Crippen LogP contribution in [0, 0.1) is 19.7 Å². The maximum Gasteiger partial charge on any atom is 0.277 e. The van der Waals surface area contributed by atoms with Gasteiger partial charge in [0.1, 0.15) is 5.82 Å². The van der Waals surface area contributed by atoms with Gasteiger partial charge in [0.2, 0.25) is 5.89 Å². The van der Waals surface area contributed by atoms with Crippen molar-refractivity contribution in [3.63, 3.8) is 0 Å². The summed E-state index contributed by atoms with van der Waals surface area (Å²) in [5, 5.41) is 8.83. The first kappa shape index (κ1) is 16.0. The van der Waals surface area contributed by atoms with E-state index in [-0.39, 0.29) is 5.82 Å². The van der Waals surface area contributed by atoms with E-state index in [1.165, 1.54) is 23.4 Å².